The fourth-order valence-electron chi connectivity index (χ4n) is 3.28. The number of benzene rings is 1. The van der Waals surface area contributed by atoms with Crippen molar-refractivity contribution in [2.75, 3.05) is 46.5 Å². The number of carbonyl (C=O) groups is 2. The van der Waals surface area contributed by atoms with Crippen LogP contribution < -0.4 is 0 Å². The number of furan rings is 1. The van der Waals surface area contributed by atoms with Crippen LogP contribution in [0.3, 0.4) is 0 Å². The van der Waals surface area contributed by atoms with Gasteiger partial charge in [0.05, 0.1) is 31.1 Å². The number of rotatable bonds is 7. The monoisotopic (exact) mass is 440 g/mol. The van der Waals surface area contributed by atoms with Crippen LogP contribution in [0.5, 0.6) is 0 Å². The Labute approximate surface area is 177 Å². The lowest BCUT2D eigenvalue weighted by molar-refractivity contribution is -0.137. The third kappa shape index (κ3) is 5.86. The number of alkyl halides is 3. The lowest BCUT2D eigenvalue weighted by Gasteiger charge is -2.35. The first kappa shape index (κ1) is 22.8. The molecule has 7 nitrogen and oxygen atoms in total. The van der Waals surface area contributed by atoms with E-state index < -0.39 is 23.8 Å². The average Bonchev–Trinajstić information content (AvgIpc) is 3.30. The molecule has 0 aliphatic carbocycles. The van der Waals surface area contributed by atoms with Gasteiger partial charge in [0.25, 0.3) is 11.8 Å². The number of amides is 2. The maximum absolute atomic E-state index is 12.9. The summed E-state index contributed by atoms with van der Waals surface area (Å²) in [5.74, 6) is -0.489. The van der Waals surface area contributed by atoms with Crippen molar-refractivity contribution in [3.05, 3.63) is 59.5 Å². The van der Waals surface area contributed by atoms with E-state index in [1.54, 1.807) is 17.0 Å². The van der Waals surface area contributed by atoms with Crippen molar-refractivity contribution >= 4 is 11.8 Å². The Hall–Kier alpha value is -2.85. The molecule has 31 heavy (non-hydrogen) atoms. The molecule has 1 saturated heterocycles. The van der Waals surface area contributed by atoms with Crippen LogP contribution in [0.25, 0.3) is 0 Å². The molecule has 0 radical (unpaired) electrons. The second-order valence-electron chi connectivity index (χ2n) is 7.04. The fraction of sp³-hybridized carbons (Fsp3) is 0.429. The highest BCUT2D eigenvalue weighted by atomic mass is 19.4. The molecule has 10 heteroatoms. The Balaban J connectivity index is 1.68. The zero-order valence-corrected chi connectivity index (χ0v) is 16.9. The Morgan fingerprint density at radius 2 is 1.97 bits per heavy atom. The zero-order valence-electron chi connectivity index (χ0n) is 16.9. The largest absolute Gasteiger partial charge is 0.459 e. The van der Waals surface area contributed by atoms with Gasteiger partial charge in [-0.25, -0.2) is 0 Å². The van der Waals surface area contributed by atoms with Gasteiger partial charge < -0.3 is 23.7 Å². The van der Waals surface area contributed by atoms with Crippen molar-refractivity contribution in [1.82, 2.24) is 9.80 Å². The SMILES string of the molecule is COCCN(CC1CN(C(=O)c2ccco2)CCO1)C(=O)c1ccc(C(F)(F)F)cc1. The van der Waals surface area contributed by atoms with Gasteiger partial charge in [0.1, 0.15) is 0 Å². The summed E-state index contributed by atoms with van der Waals surface area (Å²) in [5.41, 5.74) is -0.696. The number of ether oxygens (including phenoxy) is 2. The molecule has 0 N–H and O–H groups in total. The van der Waals surface area contributed by atoms with Gasteiger partial charge >= 0.3 is 6.18 Å². The van der Waals surface area contributed by atoms with Crippen molar-refractivity contribution in [3.63, 3.8) is 0 Å². The number of carbonyl (C=O) groups excluding carboxylic acids is 2. The van der Waals surface area contributed by atoms with Crippen LogP contribution in [-0.2, 0) is 15.7 Å². The zero-order chi connectivity index (χ0) is 22.4. The molecule has 2 aromatic rings. The fourth-order valence-corrected chi connectivity index (χ4v) is 3.28. The average molecular weight is 440 g/mol. The molecule has 0 saturated carbocycles. The predicted octanol–water partition coefficient (Wildman–Crippen LogP) is 2.93. The van der Waals surface area contributed by atoms with Crippen molar-refractivity contribution < 1.29 is 36.7 Å². The Bertz CT molecular complexity index is 868. The topological polar surface area (TPSA) is 72.2 Å². The first-order valence-electron chi connectivity index (χ1n) is 9.69. The molecule has 2 heterocycles. The summed E-state index contributed by atoms with van der Waals surface area (Å²) in [6.07, 6.45) is -3.51. The van der Waals surface area contributed by atoms with Gasteiger partial charge in [0.2, 0.25) is 0 Å². The van der Waals surface area contributed by atoms with E-state index in [1.165, 1.54) is 18.3 Å². The number of hydrogen-bond acceptors (Lipinski definition) is 5. The maximum atomic E-state index is 12.9. The van der Waals surface area contributed by atoms with E-state index in [4.69, 9.17) is 13.9 Å². The summed E-state index contributed by atoms with van der Waals surface area (Å²) >= 11 is 0. The van der Waals surface area contributed by atoms with Crippen molar-refractivity contribution in [2.45, 2.75) is 12.3 Å². The van der Waals surface area contributed by atoms with Crippen molar-refractivity contribution in [1.29, 1.82) is 0 Å². The van der Waals surface area contributed by atoms with E-state index in [2.05, 4.69) is 0 Å². The summed E-state index contributed by atoms with van der Waals surface area (Å²) in [7, 11) is 1.49. The second-order valence-corrected chi connectivity index (χ2v) is 7.04. The molecular formula is C21H23F3N2O5. The molecule has 1 aromatic carbocycles. The van der Waals surface area contributed by atoms with Crippen molar-refractivity contribution in [2.24, 2.45) is 0 Å². The third-order valence-corrected chi connectivity index (χ3v) is 4.89. The van der Waals surface area contributed by atoms with Crippen LogP contribution in [0.4, 0.5) is 13.2 Å². The van der Waals surface area contributed by atoms with E-state index in [0.29, 0.717) is 13.2 Å². The van der Waals surface area contributed by atoms with Crippen LogP contribution in [0.15, 0.2) is 47.1 Å². The standard InChI is InChI=1S/C21H23F3N2O5/c1-29-11-8-25(19(27)15-4-6-16(7-5-15)21(22,23)24)13-17-14-26(9-12-30-17)20(28)18-3-2-10-31-18/h2-7,10,17H,8-9,11-14H2,1H3. The molecule has 1 atom stereocenters. The minimum Gasteiger partial charge on any atom is -0.459 e. The first-order valence-corrected chi connectivity index (χ1v) is 9.69. The minimum absolute atomic E-state index is 0.128. The van der Waals surface area contributed by atoms with Gasteiger partial charge in [-0.3, -0.25) is 9.59 Å². The maximum Gasteiger partial charge on any atom is 0.416 e. The summed E-state index contributed by atoms with van der Waals surface area (Å²) in [4.78, 5) is 28.5. The van der Waals surface area contributed by atoms with Crippen LogP contribution in [0.1, 0.15) is 26.5 Å². The normalized spacial score (nSPS) is 16.9. The summed E-state index contributed by atoms with van der Waals surface area (Å²) in [6.45, 7) is 1.57. The van der Waals surface area contributed by atoms with Crippen LogP contribution in [-0.4, -0.2) is 74.2 Å². The molecule has 0 bridgehead atoms. The molecule has 1 aliphatic rings. The number of halogens is 3. The number of nitrogens with zero attached hydrogens (tertiary/aromatic N) is 2. The summed E-state index contributed by atoms with van der Waals surface area (Å²) in [6, 6.07) is 7.26. The molecule has 1 aliphatic heterocycles. The highest BCUT2D eigenvalue weighted by Crippen LogP contribution is 2.29. The Morgan fingerprint density at radius 1 is 1.23 bits per heavy atom. The van der Waals surface area contributed by atoms with Gasteiger partial charge in [0.15, 0.2) is 5.76 Å². The van der Waals surface area contributed by atoms with Crippen LogP contribution in [0, 0.1) is 0 Å². The predicted molar refractivity (Wildman–Crippen MR) is 104 cm³/mol. The van der Waals surface area contributed by atoms with Crippen molar-refractivity contribution in [3.8, 4) is 0 Å². The molecule has 3 rings (SSSR count). The molecule has 1 unspecified atom stereocenters. The van der Waals surface area contributed by atoms with E-state index in [0.717, 1.165) is 24.3 Å². The highest BCUT2D eigenvalue weighted by molar-refractivity contribution is 5.94. The van der Waals surface area contributed by atoms with Gasteiger partial charge in [-0.2, -0.15) is 13.2 Å². The second kappa shape index (κ2) is 9.97. The summed E-state index contributed by atoms with van der Waals surface area (Å²) in [5, 5.41) is 0. The van der Waals surface area contributed by atoms with Gasteiger partial charge in [-0.1, -0.05) is 0 Å². The van der Waals surface area contributed by atoms with E-state index in [9.17, 15) is 22.8 Å². The quantitative estimate of drug-likeness (QED) is 0.662. The molecule has 0 spiro atoms. The third-order valence-electron chi connectivity index (χ3n) is 4.89. The summed E-state index contributed by atoms with van der Waals surface area (Å²) < 4.78 is 54.3. The smallest absolute Gasteiger partial charge is 0.416 e. The van der Waals surface area contributed by atoms with Crippen LogP contribution in [0.2, 0.25) is 0 Å². The van der Waals surface area contributed by atoms with Gasteiger partial charge in [0, 0.05) is 38.9 Å². The van der Waals surface area contributed by atoms with E-state index in [1.807, 2.05) is 0 Å². The Morgan fingerprint density at radius 3 is 2.58 bits per heavy atom. The first-order chi connectivity index (χ1) is 14.8. The highest BCUT2D eigenvalue weighted by Gasteiger charge is 2.31. The van der Waals surface area contributed by atoms with E-state index >= 15 is 0 Å². The molecule has 1 fully saturated rings. The van der Waals surface area contributed by atoms with Gasteiger partial charge in [-0.15, -0.1) is 0 Å². The lowest BCUT2D eigenvalue weighted by Crippen LogP contribution is -2.51. The van der Waals surface area contributed by atoms with E-state index in [-0.39, 0.29) is 43.5 Å². The molecule has 1 aromatic heterocycles. The molecule has 168 valence electrons. The number of morpholine rings is 1. The van der Waals surface area contributed by atoms with Gasteiger partial charge in [-0.05, 0) is 36.4 Å². The number of hydrogen-bond donors (Lipinski definition) is 0. The Kier molecular flexibility index (Phi) is 7.34. The molecular weight excluding hydrogens is 417 g/mol. The molecule has 2 amide bonds. The number of methoxy groups -OCH3 is 1. The van der Waals surface area contributed by atoms with Crippen LogP contribution >= 0.6 is 0 Å². The minimum atomic E-state index is -4.47. The lowest BCUT2D eigenvalue weighted by atomic mass is 10.1.